The third-order valence-corrected chi connectivity index (χ3v) is 7.54. The number of carbonyl (C=O) groups excluding carboxylic acids is 3. The predicted molar refractivity (Wildman–Crippen MR) is 156 cm³/mol. The van der Waals surface area contributed by atoms with Crippen LogP contribution in [0.3, 0.4) is 0 Å². The van der Waals surface area contributed by atoms with Crippen molar-refractivity contribution in [3.8, 4) is 23.0 Å². The third kappa shape index (κ3) is 5.78. The number of carbonyl (C=O) groups is 3. The standard InChI is InChI=1S/C32H31N3O8/c1-18-10-22-12-21(6-8-24(22)42-18)32(38)35-15-23-29(16-35)43-26-7-4-19(11-27(26)40-3)14-33-30(36)17-41-28-13-20(31(37)34-23)5-9-25(28)39-2/h4-13,23,29H,14-17H2,1-3H3,(H,33,36)(H,34,37)/t23-,29-/m0/s1. The molecule has 1 fully saturated rings. The van der Waals surface area contributed by atoms with Crippen molar-refractivity contribution in [1.29, 1.82) is 0 Å². The van der Waals surface area contributed by atoms with Crippen molar-refractivity contribution in [1.82, 2.24) is 15.5 Å². The average Bonchev–Trinajstić information content (AvgIpc) is 3.59. The van der Waals surface area contributed by atoms with E-state index in [0.717, 1.165) is 16.7 Å². The van der Waals surface area contributed by atoms with E-state index >= 15 is 0 Å². The largest absolute Gasteiger partial charge is 0.493 e. The molecule has 2 N–H and O–H groups in total. The minimum absolute atomic E-state index is 0.188. The van der Waals surface area contributed by atoms with Gasteiger partial charge < -0.3 is 38.9 Å². The van der Waals surface area contributed by atoms with E-state index in [9.17, 15) is 14.4 Å². The Morgan fingerprint density at radius 1 is 0.930 bits per heavy atom. The van der Waals surface area contributed by atoms with Gasteiger partial charge in [0.05, 0.1) is 26.8 Å². The predicted octanol–water partition coefficient (Wildman–Crippen LogP) is 3.47. The van der Waals surface area contributed by atoms with E-state index in [-0.39, 0.29) is 43.8 Å². The monoisotopic (exact) mass is 585 g/mol. The molecule has 11 nitrogen and oxygen atoms in total. The highest BCUT2D eigenvalue weighted by Crippen LogP contribution is 2.32. The van der Waals surface area contributed by atoms with Crippen molar-refractivity contribution in [2.24, 2.45) is 0 Å². The summed E-state index contributed by atoms with van der Waals surface area (Å²) in [5.74, 6) is 1.37. The Kier molecular flexibility index (Phi) is 7.54. The van der Waals surface area contributed by atoms with Crippen molar-refractivity contribution in [3.05, 3.63) is 83.1 Å². The number of methoxy groups -OCH3 is 2. The summed E-state index contributed by atoms with van der Waals surface area (Å²) in [6.45, 7) is 2.27. The molecule has 3 aromatic carbocycles. The van der Waals surface area contributed by atoms with Gasteiger partial charge in [0, 0.05) is 29.6 Å². The number of benzene rings is 3. The first-order valence-corrected chi connectivity index (χ1v) is 13.8. The van der Waals surface area contributed by atoms with Gasteiger partial charge in [-0.25, -0.2) is 0 Å². The van der Waals surface area contributed by atoms with Gasteiger partial charge in [-0.1, -0.05) is 6.07 Å². The van der Waals surface area contributed by atoms with Crippen LogP contribution in [0.25, 0.3) is 11.0 Å². The van der Waals surface area contributed by atoms with Gasteiger partial charge in [-0.05, 0) is 67.1 Å². The first kappa shape index (κ1) is 28.0. The Morgan fingerprint density at radius 3 is 2.58 bits per heavy atom. The topological polar surface area (TPSA) is 129 Å². The first-order chi connectivity index (χ1) is 20.8. The molecule has 1 saturated heterocycles. The molecule has 0 saturated carbocycles. The maximum absolute atomic E-state index is 13.7. The minimum atomic E-state index is -0.586. The zero-order chi connectivity index (χ0) is 30.1. The lowest BCUT2D eigenvalue weighted by molar-refractivity contribution is -0.123. The number of hydrogen-bond acceptors (Lipinski definition) is 8. The van der Waals surface area contributed by atoms with E-state index in [1.807, 2.05) is 19.1 Å². The molecule has 3 aliphatic rings. The molecule has 3 aliphatic heterocycles. The second-order valence-corrected chi connectivity index (χ2v) is 10.5. The van der Waals surface area contributed by atoms with Gasteiger partial charge in [-0.3, -0.25) is 14.4 Å². The fourth-order valence-electron chi connectivity index (χ4n) is 5.35. The van der Waals surface area contributed by atoms with E-state index in [2.05, 4.69) is 10.6 Å². The van der Waals surface area contributed by atoms with Crippen molar-refractivity contribution in [3.63, 3.8) is 0 Å². The van der Waals surface area contributed by atoms with Gasteiger partial charge >= 0.3 is 0 Å². The van der Waals surface area contributed by atoms with Crippen LogP contribution in [-0.2, 0) is 11.3 Å². The fraction of sp³-hybridized carbons (Fsp3) is 0.281. The molecule has 0 aliphatic carbocycles. The highest BCUT2D eigenvalue weighted by atomic mass is 16.5. The van der Waals surface area contributed by atoms with Crippen molar-refractivity contribution in [2.75, 3.05) is 33.9 Å². The second kappa shape index (κ2) is 11.6. The number of aryl methyl sites for hydroxylation is 1. The van der Waals surface area contributed by atoms with Gasteiger partial charge in [0.2, 0.25) is 0 Å². The van der Waals surface area contributed by atoms with E-state index in [1.54, 1.807) is 47.4 Å². The maximum atomic E-state index is 13.7. The minimum Gasteiger partial charge on any atom is -0.493 e. The van der Waals surface area contributed by atoms with Gasteiger partial charge in [-0.2, -0.15) is 0 Å². The molecule has 222 valence electrons. The van der Waals surface area contributed by atoms with Crippen LogP contribution in [0.4, 0.5) is 0 Å². The number of rotatable bonds is 3. The van der Waals surface area contributed by atoms with E-state index in [1.165, 1.54) is 20.3 Å². The number of likely N-dealkylation sites (tertiary alicyclic amines) is 1. The van der Waals surface area contributed by atoms with Crippen LogP contribution in [0.5, 0.6) is 23.0 Å². The second-order valence-electron chi connectivity index (χ2n) is 10.5. The summed E-state index contributed by atoms with van der Waals surface area (Å²) in [5.41, 5.74) is 2.31. The number of furan rings is 1. The molecule has 0 spiro atoms. The Labute approximate surface area is 247 Å². The Morgan fingerprint density at radius 2 is 1.77 bits per heavy atom. The van der Waals surface area contributed by atoms with Crippen LogP contribution in [0.1, 0.15) is 32.0 Å². The molecule has 2 atom stereocenters. The SMILES string of the molecule is COc1ccc2cc1OCC(=O)NCc1ccc(c(OC)c1)O[C@H]1CN(C(=O)c3ccc4oc(C)cc4c3)C[C@@H]1NC2=O. The molecule has 1 aromatic heterocycles. The van der Waals surface area contributed by atoms with Gasteiger partial charge in [0.25, 0.3) is 17.7 Å². The van der Waals surface area contributed by atoms with Crippen molar-refractivity contribution in [2.45, 2.75) is 25.6 Å². The van der Waals surface area contributed by atoms with Gasteiger partial charge in [0.1, 0.15) is 17.4 Å². The molecule has 7 rings (SSSR count). The van der Waals surface area contributed by atoms with Crippen LogP contribution in [-0.4, -0.2) is 68.7 Å². The maximum Gasteiger partial charge on any atom is 0.258 e. The van der Waals surface area contributed by atoms with Crippen LogP contribution >= 0.6 is 0 Å². The van der Waals surface area contributed by atoms with E-state index in [0.29, 0.717) is 34.0 Å². The lowest BCUT2D eigenvalue weighted by Gasteiger charge is -2.22. The Bertz CT molecular complexity index is 1710. The number of amides is 3. The molecule has 4 heterocycles. The zero-order valence-corrected chi connectivity index (χ0v) is 24.0. The molecule has 0 unspecified atom stereocenters. The summed E-state index contributed by atoms with van der Waals surface area (Å²) in [6.07, 6.45) is -0.586. The van der Waals surface area contributed by atoms with Crippen LogP contribution in [0.15, 0.2) is 65.1 Å². The van der Waals surface area contributed by atoms with Gasteiger partial charge in [0.15, 0.2) is 29.6 Å². The molecule has 3 amide bonds. The number of nitrogens with one attached hydrogen (secondary N) is 2. The lowest BCUT2D eigenvalue weighted by Crippen LogP contribution is -2.45. The summed E-state index contributed by atoms with van der Waals surface area (Å²) in [7, 11) is 3.00. The Balaban J connectivity index is 1.33. The average molecular weight is 586 g/mol. The van der Waals surface area contributed by atoms with Crippen LogP contribution in [0, 0.1) is 6.92 Å². The normalized spacial score (nSPS) is 18.6. The van der Waals surface area contributed by atoms with Crippen molar-refractivity contribution >= 4 is 28.7 Å². The first-order valence-electron chi connectivity index (χ1n) is 13.8. The number of hydrogen-bond donors (Lipinski definition) is 2. The molecule has 11 heteroatoms. The zero-order valence-electron chi connectivity index (χ0n) is 24.0. The van der Waals surface area contributed by atoms with Crippen LogP contribution < -0.4 is 29.6 Å². The van der Waals surface area contributed by atoms with E-state index in [4.69, 9.17) is 23.4 Å². The smallest absolute Gasteiger partial charge is 0.258 e. The van der Waals surface area contributed by atoms with Gasteiger partial charge in [-0.15, -0.1) is 0 Å². The van der Waals surface area contributed by atoms with E-state index < -0.39 is 18.1 Å². The molecule has 4 bridgehead atoms. The van der Waals surface area contributed by atoms with Crippen molar-refractivity contribution < 1.29 is 37.7 Å². The number of nitrogens with zero attached hydrogens (tertiary/aromatic N) is 1. The third-order valence-electron chi connectivity index (χ3n) is 7.54. The Hall–Kier alpha value is -5.19. The molecular formula is C32H31N3O8. The summed E-state index contributed by atoms with van der Waals surface area (Å²) in [5, 5.41) is 6.69. The number of ether oxygens (including phenoxy) is 4. The highest BCUT2D eigenvalue weighted by Gasteiger charge is 2.39. The fourth-order valence-corrected chi connectivity index (χ4v) is 5.35. The summed E-state index contributed by atoms with van der Waals surface area (Å²) < 4.78 is 28.7. The number of fused-ring (bicyclic) bond motifs is 8. The lowest BCUT2D eigenvalue weighted by atomic mass is 10.1. The summed E-state index contributed by atoms with van der Waals surface area (Å²) in [4.78, 5) is 41.3. The quantitative estimate of drug-likeness (QED) is 0.374. The van der Waals surface area contributed by atoms with Crippen LogP contribution in [0.2, 0.25) is 0 Å². The molecular weight excluding hydrogens is 554 g/mol. The molecule has 4 aromatic rings. The summed E-state index contributed by atoms with van der Waals surface area (Å²) >= 11 is 0. The summed E-state index contributed by atoms with van der Waals surface area (Å²) in [6, 6.07) is 16.7. The molecule has 43 heavy (non-hydrogen) atoms. The highest BCUT2D eigenvalue weighted by molar-refractivity contribution is 5.98. The molecule has 0 radical (unpaired) electrons.